The van der Waals surface area contributed by atoms with E-state index in [0.29, 0.717) is 5.95 Å². The summed E-state index contributed by atoms with van der Waals surface area (Å²) in [6, 6.07) is 10.4. The highest BCUT2D eigenvalue weighted by molar-refractivity contribution is 5.40. The summed E-state index contributed by atoms with van der Waals surface area (Å²) >= 11 is 0. The minimum atomic E-state index is 0.608. The number of piperazine rings is 1. The normalized spacial score (nSPS) is 15.6. The average molecular weight is 312 g/mol. The molecule has 0 spiro atoms. The van der Waals surface area contributed by atoms with E-state index in [1.54, 1.807) is 6.20 Å². The first-order chi connectivity index (χ1) is 11.3. The van der Waals surface area contributed by atoms with Crippen LogP contribution in [0.1, 0.15) is 12.5 Å². The molecule has 0 unspecified atom stereocenters. The Morgan fingerprint density at radius 2 is 1.87 bits per heavy atom. The third-order valence-electron chi connectivity index (χ3n) is 4.23. The van der Waals surface area contributed by atoms with Crippen molar-refractivity contribution in [3.8, 4) is 0 Å². The van der Waals surface area contributed by atoms with E-state index < -0.39 is 0 Å². The monoisotopic (exact) mass is 312 g/mol. The van der Waals surface area contributed by atoms with Crippen molar-refractivity contribution in [3.05, 3.63) is 42.1 Å². The van der Waals surface area contributed by atoms with Crippen LogP contribution in [0.4, 0.5) is 11.8 Å². The van der Waals surface area contributed by atoms with E-state index in [1.165, 1.54) is 5.56 Å². The number of rotatable bonds is 6. The van der Waals surface area contributed by atoms with Crippen LogP contribution in [0, 0.1) is 0 Å². The van der Waals surface area contributed by atoms with Crippen molar-refractivity contribution in [1.29, 1.82) is 0 Å². The molecule has 1 aromatic carbocycles. The molecule has 1 aliphatic heterocycles. The van der Waals surface area contributed by atoms with Crippen molar-refractivity contribution in [1.82, 2.24) is 20.1 Å². The van der Waals surface area contributed by atoms with Gasteiger partial charge in [-0.2, -0.15) is 10.1 Å². The second kappa shape index (κ2) is 7.87. The lowest BCUT2D eigenvalue weighted by Gasteiger charge is -2.34. The number of nitrogens with one attached hydrogen (secondary N) is 1. The van der Waals surface area contributed by atoms with Gasteiger partial charge in [0.1, 0.15) is 0 Å². The molecule has 1 aliphatic rings. The number of nitrogens with zero attached hydrogens (tertiary/aromatic N) is 5. The summed E-state index contributed by atoms with van der Waals surface area (Å²) < 4.78 is 0. The average Bonchev–Trinajstić information content (AvgIpc) is 2.63. The van der Waals surface area contributed by atoms with E-state index in [9.17, 15) is 0 Å². The Kier molecular flexibility index (Phi) is 5.37. The molecule has 1 saturated heterocycles. The van der Waals surface area contributed by atoms with Crippen molar-refractivity contribution in [2.75, 3.05) is 49.5 Å². The summed E-state index contributed by atoms with van der Waals surface area (Å²) in [6.07, 6.45) is 2.70. The number of anilines is 2. The first-order valence-corrected chi connectivity index (χ1v) is 8.30. The predicted molar refractivity (Wildman–Crippen MR) is 92.8 cm³/mol. The maximum atomic E-state index is 4.60. The van der Waals surface area contributed by atoms with Crippen LogP contribution in [0.3, 0.4) is 0 Å². The van der Waals surface area contributed by atoms with Gasteiger partial charge < -0.3 is 15.1 Å². The molecular formula is C17H24N6. The Balaban J connectivity index is 1.53. The molecule has 0 atom stereocenters. The lowest BCUT2D eigenvalue weighted by molar-refractivity contribution is 0.270. The summed E-state index contributed by atoms with van der Waals surface area (Å²) in [4.78, 5) is 9.33. The second-order valence-corrected chi connectivity index (χ2v) is 5.72. The first kappa shape index (κ1) is 15.7. The molecule has 1 fully saturated rings. The molecule has 3 rings (SSSR count). The first-order valence-electron chi connectivity index (χ1n) is 8.30. The second-order valence-electron chi connectivity index (χ2n) is 5.72. The highest BCUT2D eigenvalue weighted by Gasteiger charge is 2.17. The third-order valence-corrected chi connectivity index (χ3v) is 4.23. The molecule has 0 saturated carbocycles. The van der Waals surface area contributed by atoms with E-state index in [-0.39, 0.29) is 0 Å². The fraction of sp³-hybridized carbons (Fsp3) is 0.471. The van der Waals surface area contributed by atoms with Crippen LogP contribution in [0.2, 0.25) is 0 Å². The van der Waals surface area contributed by atoms with Crippen LogP contribution >= 0.6 is 0 Å². The molecule has 2 aromatic rings. The fourth-order valence-electron chi connectivity index (χ4n) is 2.78. The maximum Gasteiger partial charge on any atom is 0.244 e. The zero-order valence-corrected chi connectivity index (χ0v) is 13.6. The molecule has 23 heavy (non-hydrogen) atoms. The number of aromatic nitrogens is 3. The van der Waals surface area contributed by atoms with Crippen LogP contribution in [0.15, 0.2) is 36.5 Å². The van der Waals surface area contributed by atoms with Gasteiger partial charge in [0.25, 0.3) is 0 Å². The molecule has 6 heteroatoms. The highest BCUT2D eigenvalue weighted by Crippen LogP contribution is 2.13. The summed E-state index contributed by atoms with van der Waals surface area (Å²) in [5.74, 6) is 1.52. The maximum absolute atomic E-state index is 4.60. The highest BCUT2D eigenvalue weighted by atomic mass is 15.3. The molecule has 0 radical (unpaired) electrons. The molecular weight excluding hydrogens is 288 g/mol. The van der Waals surface area contributed by atoms with E-state index in [2.05, 4.69) is 61.5 Å². The van der Waals surface area contributed by atoms with Crippen LogP contribution in [-0.4, -0.2) is 59.3 Å². The molecule has 2 heterocycles. The van der Waals surface area contributed by atoms with Crippen molar-refractivity contribution < 1.29 is 0 Å². The van der Waals surface area contributed by atoms with Crippen molar-refractivity contribution in [2.45, 2.75) is 13.3 Å². The molecule has 122 valence electrons. The van der Waals surface area contributed by atoms with Crippen molar-refractivity contribution in [2.24, 2.45) is 0 Å². The topological polar surface area (TPSA) is 57.2 Å². The van der Waals surface area contributed by atoms with Gasteiger partial charge in [-0.3, -0.25) is 0 Å². The number of likely N-dealkylation sites (N-methyl/N-ethyl adjacent to an activating group) is 1. The smallest absolute Gasteiger partial charge is 0.244 e. The standard InChI is InChI=1S/C17H24N6/c1-2-22-10-12-23(13-11-22)16-14-19-21-17(20-16)18-9-8-15-6-4-3-5-7-15/h3-7,14H,2,8-13H2,1H3,(H,18,20,21). The van der Waals surface area contributed by atoms with Crippen LogP contribution in [0.25, 0.3) is 0 Å². The van der Waals surface area contributed by atoms with Crippen LogP contribution < -0.4 is 10.2 Å². The van der Waals surface area contributed by atoms with E-state index in [1.807, 2.05) is 6.07 Å². The van der Waals surface area contributed by atoms with Crippen molar-refractivity contribution in [3.63, 3.8) is 0 Å². The Morgan fingerprint density at radius 1 is 1.09 bits per heavy atom. The lowest BCUT2D eigenvalue weighted by Crippen LogP contribution is -2.46. The van der Waals surface area contributed by atoms with Gasteiger partial charge in [0.15, 0.2) is 5.82 Å². The summed E-state index contributed by atoms with van der Waals surface area (Å²) in [7, 11) is 0. The minimum absolute atomic E-state index is 0.608. The van der Waals surface area contributed by atoms with Gasteiger partial charge in [0.2, 0.25) is 5.95 Å². The molecule has 1 aromatic heterocycles. The lowest BCUT2D eigenvalue weighted by atomic mass is 10.1. The zero-order chi connectivity index (χ0) is 15.9. The summed E-state index contributed by atoms with van der Waals surface area (Å²) in [5, 5.41) is 11.5. The largest absolute Gasteiger partial charge is 0.353 e. The Labute approximate surface area is 137 Å². The fourth-order valence-corrected chi connectivity index (χ4v) is 2.78. The number of benzene rings is 1. The number of hydrogen-bond donors (Lipinski definition) is 1. The van der Waals surface area contributed by atoms with Gasteiger partial charge in [0, 0.05) is 32.7 Å². The van der Waals surface area contributed by atoms with E-state index in [0.717, 1.165) is 51.5 Å². The van der Waals surface area contributed by atoms with E-state index >= 15 is 0 Å². The minimum Gasteiger partial charge on any atom is -0.353 e. The van der Waals surface area contributed by atoms with Crippen LogP contribution in [0.5, 0.6) is 0 Å². The van der Waals surface area contributed by atoms with Crippen molar-refractivity contribution >= 4 is 11.8 Å². The van der Waals surface area contributed by atoms with E-state index in [4.69, 9.17) is 0 Å². The summed E-state index contributed by atoms with van der Waals surface area (Å²) in [5.41, 5.74) is 1.31. The third kappa shape index (κ3) is 4.39. The van der Waals surface area contributed by atoms with Gasteiger partial charge in [-0.05, 0) is 18.5 Å². The number of hydrogen-bond acceptors (Lipinski definition) is 6. The van der Waals surface area contributed by atoms with Gasteiger partial charge in [0.05, 0.1) is 6.20 Å². The molecule has 6 nitrogen and oxygen atoms in total. The quantitative estimate of drug-likeness (QED) is 0.875. The summed E-state index contributed by atoms with van der Waals surface area (Å²) in [6.45, 7) is 8.28. The SMILES string of the molecule is CCN1CCN(c2cnnc(NCCc3ccccc3)n2)CC1. The Morgan fingerprint density at radius 3 is 2.61 bits per heavy atom. The Bertz CT molecular complexity index is 595. The van der Waals surface area contributed by atoms with Gasteiger partial charge >= 0.3 is 0 Å². The molecule has 0 amide bonds. The van der Waals surface area contributed by atoms with Gasteiger partial charge in [-0.15, -0.1) is 5.10 Å². The molecule has 0 bridgehead atoms. The van der Waals surface area contributed by atoms with Gasteiger partial charge in [-0.1, -0.05) is 37.3 Å². The molecule has 1 N–H and O–H groups in total. The predicted octanol–water partition coefficient (Wildman–Crippen LogP) is 1.67. The van der Waals surface area contributed by atoms with Gasteiger partial charge in [-0.25, -0.2) is 0 Å². The van der Waals surface area contributed by atoms with Crippen LogP contribution in [-0.2, 0) is 6.42 Å². The molecule has 0 aliphatic carbocycles. The zero-order valence-electron chi connectivity index (χ0n) is 13.6. The Hall–Kier alpha value is -2.21.